The number of rotatable bonds is 12. The maximum Gasteiger partial charge on any atom is 0.408 e. The lowest BCUT2D eigenvalue weighted by molar-refractivity contribution is -0.139. The van der Waals surface area contributed by atoms with Gasteiger partial charge in [-0.3, -0.25) is 9.59 Å². The molecule has 0 aliphatic carbocycles. The predicted molar refractivity (Wildman–Crippen MR) is 117 cm³/mol. The van der Waals surface area contributed by atoms with E-state index in [2.05, 4.69) is 21.3 Å². The summed E-state index contributed by atoms with van der Waals surface area (Å²) in [6, 6.07) is 7.63. The summed E-state index contributed by atoms with van der Waals surface area (Å²) in [5, 5.41) is 19.9. The molecule has 0 spiro atoms. The van der Waals surface area contributed by atoms with Gasteiger partial charge in [0.1, 0.15) is 12.6 Å². The van der Waals surface area contributed by atoms with Gasteiger partial charge in [0, 0.05) is 25.9 Å². The molecule has 0 aromatic heterocycles. The highest BCUT2D eigenvalue weighted by molar-refractivity contribution is 5.82. The summed E-state index contributed by atoms with van der Waals surface area (Å²) in [7, 11) is 0. The molecule has 10 nitrogen and oxygen atoms in total. The number of hydrogen-bond acceptors (Lipinski definition) is 6. The summed E-state index contributed by atoms with van der Waals surface area (Å²) in [6.07, 6.45) is 2.55. The predicted octanol–water partition coefficient (Wildman–Crippen LogP) is 0.768. The number of aliphatic carboxylic acids is 1. The molecule has 1 atom stereocenters. The fourth-order valence-corrected chi connectivity index (χ4v) is 3.32. The molecular weight excluding hydrogens is 416 g/mol. The molecule has 0 radical (unpaired) electrons. The molecule has 10 heteroatoms. The van der Waals surface area contributed by atoms with Crippen LogP contribution in [0.3, 0.4) is 0 Å². The maximum atomic E-state index is 11.9. The van der Waals surface area contributed by atoms with E-state index in [1.807, 2.05) is 6.07 Å². The third kappa shape index (κ3) is 10.3. The van der Waals surface area contributed by atoms with Crippen molar-refractivity contribution in [3.05, 3.63) is 35.9 Å². The van der Waals surface area contributed by atoms with Crippen LogP contribution in [0, 0.1) is 5.92 Å². The van der Waals surface area contributed by atoms with Crippen LogP contribution in [0.1, 0.15) is 37.7 Å². The second-order valence-corrected chi connectivity index (χ2v) is 7.73. The van der Waals surface area contributed by atoms with E-state index in [1.54, 1.807) is 24.3 Å². The van der Waals surface area contributed by atoms with E-state index >= 15 is 0 Å². The Balaban J connectivity index is 1.59. The molecule has 1 saturated heterocycles. The van der Waals surface area contributed by atoms with Gasteiger partial charge in [0.05, 0.1) is 0 Å². The molecule has 1 fully saturated rings. The van der Waals surface area contributed by atoms with Crippen LogP contribution >= 0.6 is 0 Å². The van der Waals surface area contributed by atoms with Crippen LogP contribution in [-0.4, -0.2) is 61.2 Å². The topological polar surface area (TPSA) is 146 Å². The van der Waals surface area contributed by atoms with Crippen molar-refractivity contribution >= 4 is 23.9 Å². The van der Waals surface area contributed by atoms with Crippen LogP contribution in [0.15, 0.2) is 30.3 Å². The highest BCUT2D eigenvalue weighted by atomic mass is 16.5. The molecule has 3 amide bonds. The Morgan fingerprint density at radius 1 is 1.03 bits per heavy atom. The summed E-state index contributed by atoms with van der Waals surface area (Å²) < 4.78 is 5.00. The van der Waals surface area contributed by atoms with Crippen LogP contribution < -0.4 is 21.3 Å². The summed E-state index contributed by atoms with van der Waals surface area (Å²) in [4.78, 5) is 47.0. The first-order chi connectivity index (χ1) is 15.4. The smallest absolute Gasteiger partial charge is 0.408 e. The zero-order chi connectivity index (χ0) is 23.2. The number of carbonyl (C=O) groups is 4. The number of benzene rings is 1. The fourth-order valence-electron chi connectivity index (χ4n) is 3.32. The molecule has 1 aromatic rings. The van der Waals surface area contributed by atoms with Crippen LogP contribution in [0.2, 0.25) is 0 Å². The molecule has 1 aliphatic rings. The van der Waals surface area contributed by atoms with Gasteiger partial charge in [0.15, 0.2) is 0 Å². The highest BCUT2D eigenvalue weighted by Gasteiger charge is 2.21. The standard InChI is InChI=1S/C22H32N4O6/c27-19(7-6-16-8-11-23-12-9-16)24-13-10-20(28)25-14-18(21(29)30)26-22(31)32-15-17-4-2-1-3-5-17/h1-5,16,18,23H,6-15H2,(H,24,27)(H,25,28)(H,26,31)(H,29,30)/t18-/m0/s1. The van der Waals surface area contributed by atoms with Crippen molar-refractivity contribution in [3.8, 4) is 0 Å². The van der Waals surface area contributed by atoms with Crippen LogP contribution in [0.5, 0.6) is 0 Å². The average molecular weight is 449 g/mol. The Kier molecular flexibility index (Phi) is 11.0. The molecule has 176 valence electrons. The lowest BCUT2D eigenvalue weighted by Gasteiger charge is -2.22. The van der Waals surface area contributed by atoms with Crippen molar-refractivity contribution in [1.29, 1.82) is 0 Å². The van der Waals surface area contributed by atoms with E-state index < -0.39 is 24.0 Å². The Morgan fingerprint density at radius 3 is 2.41 bits per heavy atom. The third-order valence-corrected chi connectivity index (χ3v) is 5.22. The quantitative estimate of drug-likeness (QED) is 0.317. The van der Waals surface area contributed by atoms with Gasteiger partial charge >= 0.3 is 12.1 Å². The lowest BCUT2D eigenvalue weighted by Crippen LogP contribution is -2.48. The van der Waals surface area contributed by atoms with E-state index in [-0.39, 0.29) is 32.0 Å². The zero-order valence-electron chi connectivity index (χ0n) is 18.1. The average Bonchev–Trinajstić information content (AvgIpc) is 2.80. The maximum absolute atomic E-state index is 11.9. The van der Waals surface area contributed by atoms with Gasteiger partial charge in [-0.1, -0.05) is 30.3 Å². The SMILES string of the molecule is O=C(CCC1CCNCC1)NCCC(=O)NC[C@H](NC(=O)OCc1ccccc1)C(=O)O. The molecule has 32 heavy (non-hydrogen) atoms. The molecule has 0 unspecified atom stereocenters. The van der Waals surface area contributed by atoms with Crippen LogP contribution in [0.4, 0.5) is 4.79 Å². The van der Waals surface area contributed by atoms with Gasteiger partial charge in [-0.05, 0) is 43.8 Å². The van der Waals surface area contributed by atoms with Crippen LogP contribution in [-0.2, 0) is 25.7 Å². The third-order valence-electron chi connectivity index (χ3n) is 5.22. The summed E-state index contributed by atoms with van der Waals surface area (Å²) in [5.74, 6) is -1.25. The van der Waals surface area contributed by atoms with Gasteiger partial charge in [0.2, 0.25) is 11.8 Å². The highest BCUT2D eigenvalue weighted by Crippen LogP contribution is 2.17. The fraction of sp³-hybridized carbons (Fsp3) is 0.545. The van der Waals surface area contributed by atoms with Crippen LogP contribution in [0.25, 0.3) is 0 Å². The summed E-state index contributed by atoms with van der Waals surface area (Å²) in [6.45, 7) is 1.86. The first-order valence-electron chi connectivity index (χ1n) is 10.9. The van der Waals surface area contributed by atoms with E-state index in [0.29, 0.717) is 12.3 Å². The van der Waals surface area contributed by atoms with Crippen molar-refractivity contribution in [1.82, 2.24) is 21.3 Å². The molecule has 0 saturated carbocycles. The van der Waals surface area contributed by atoms with E-state index in [4.69, 9.17) is 4.74 Å². The first-order valence-corrected chi connectivity index (χ1v) is 10.9. The molecule has 5 N–H and O–H groups in total. The monoisotopic (exact) mass is 448 g/mol. The molecule has 0 bridgehead atoms. The molecule has 1 heterocycles. The molecule has 2 rings (SSSR count). The number of alkyl carbamates (subject to hydrolysis) is 1. The van der Waals surface area contributed by atoms with E-state index in [9.17, 15) is 24.3 Å². The number of piperidine rings is 1. The normalized spacial score (nSPS) is 14.8. The van der Waals surface area contributed by atoms with Gasteiger partial charge in [-0.25, -0.2) is 9.59 Å². The number of ether oxygens (including phenoxy) is 1. The number of hydrogen-bond donors (Lipinski definition) is 5. The van der Waals surface area contributed by atoms with Crippen molar-refractivity contribution in [3.63, 3.8) is 0 Å². The zero-order valence-corrected chi connectivity index (χ0v) is 18.1. The Hall–Kier alpha value is -3.14. The molecular formula is C22H32N4O6. The minimum absolute atomic E-state index is 0.00268. The van der Waals surface area contributed by atoms with Crippen molar-refractivity contribution in [2.45, 2.75) is 44.8 Å². The second-order valence-electron chi connectivity index (χ2n) is 7.73. The second kappa shape index (κ2) is 14.0. The molecule has 1 aliphatic heterocycles. The van der Waals surface area contributed by atoms with Crippen molar-refractivity contribution in [2.24, 2.45) is 5.92 Å². The number of carboxylic acid groups (broad SMARTS) is 1. The Morgan fingerprint density at radius 2 is 1.72 bits per heavy atom. The van der Waals surface area contributed by atoms with Gasteiger partial charge in [0.25, 0.3) is 0 Å². The Labute approximate surface area is 187 Å². The van der Waals surface area contributed by atoms with Gasteiger partial charge < -0.3 is 31.1 Å². The minimum atomic E-state index is -1.33. The number of carbonyl (C=O) groups excluding carboxylic acids is 3. The van der Waals surface area contributed by atoms with Crippen molar-refractivity contribution < 1.29 is 29.0 Å². The number of carboxylic acids is 1. The molecule has 1 aromatic carbocycles. The first kappa shape index (κ1) is 25.1. The number of amides is 3. The summed E-state index contributed by atoms with van der Waals surface area (Å²) in [5.41, 5.74) is 0.764. The minimum Gasteiger partial charge on any atom is -0.480 e. The van der Waals surface area contributed by atoms with E-state index in [0.717, 1.165) is 37.9 Å². The largest absolute Gasteiger partial charge is 0.480 e. The Bertz CT molecular complexity index is 752. The van der Waals surface area contributed by atoms with Gasteiger partial charge in [-0.2, -0.15) is 0 Å². The number of nitrogens with one attached hydrogen (secondary N) is 4. The lowest BCUT2D eigenvalue weighted by atomic mass is 9.93. The summed E-state index contributed by atoms with van der Waals surface area (Å²) >= 11 is 0. The van der Waals surface area contributed by atoms with E-state index in [1.165, 1.54) is 0 Å². The van der Waals surface area contributed by atoms with Crippen molar-refractivity contribution in [2.75, 3.05) is 26.2 Å². The van der Waals surface area contributed by atoms with Gasteiger partial charge in [-0.15, -0.1) is 0 Å².